The highest BCUT2D eigenvalue weighted by molar-refractivity contribution is 8.14. The summed E-state index contributed by atoms with van der Waals surface area (Å²) in [6, 6.07) is 19.0. The van der Waals surface area contributed by atoms with E-state index in [-0.39, 0.29) is 22.8 Å². The maximum absolute atomic E-state index is 13.5. The second kappa shape index (κ2) is 11.4. The number of rotatable bonds is 9. The number of methoxy groups -OCH3 is 1. The van der Waals surface area contributed by atoms with Crippen LogP contribution in [0.5, 0.6) is 0 Å². The van der Waals surface area contributed by atoms with Gasteiger partial charge in [-0.15, -0.1) is 0 Å². The highest BCUT2D eigenvalue weighted by atomic mass is 32.2. The minimum absolute atomic E-state index is 0.0331. The zero-order chi connectivity index (χ0) is 21.2. The number of hydrogen-bond acceptors (Lipinski definition) is 5. The number of carbonyl (C=O) groups is 3. The minimum atomic E-state index is -0.490. The number of anilines is 1. The Balaban J connectivity index is 2.29. The lowest BCUT2D eigenvalue weighted by Crippen LogP contribution is -2.43. The molecular weight excluding hydrogens is 386 g/mol. The first kappa shape index (κ1) is 22.7. The Bertz CT molecular complexity index is 810. The molecule has 0 spiro atoms. The molecule has 0 heterocycles. The Morgan fingerprint density at radius 3 is 2.14 bits per heavy atom. The fraction of sp³-hybridized carbons (Fsp3) is 0.348. The van der Waals surface area contributed by atoms with Crippen molar-refractivity contribution in [2.24, 2.45) is 5.92 Å². The first-order chi connectivity index (χ1) is 13.9. The minimum Gasteiger partial charge on any atom is -0.468 e. The molecule has 2 atom stereocenters. The fourth-order valence-corrected chi connectivity index (χ4v) is 4.11. The van der Waals surface area contributed by atoms with Crippen molar-refractivity contribution in [3.8, 4) is 0 Å². The summed E-state index contributed by atoms with van der Waals surface area (Å²) < 4.78 is 4.79. The molecule has 29 heavy (non-hydrogen) atoms. The van der Waals surface area contributed by atoms with Crippen molar-refractivity contribution in [1.82, 2.24) is 0 Å². The number of nitrogens with zero attached hydrogens (tertiary/aromatic N) is 1. The molecule has 0 saturated heterocycles. The highest BCUT2D eigenvalue weighted by Gasteiger charge is 2.32. The molecule has 2 unspecified atom stereocenters. The van der Waals surface area contributed by atoms with Gasteiger partial charge in [-0.25, -0.2) is 0 Å². The number of para-hydroxylation sites is 1. The summed E-state index contributed by atoms with van der Waals surface area (Å²) in [5.74, 6) is -1.09. The first-order valence-corrected chi connectivity index (χ1v) is 10.4. The molecule has 1 amide bonds. The lowest BCUT2D eigenvalue weighted by Gasteiger charge is -2.29. The van der Waals surface area contributed by atoms with Crippen LogP contribution in [0.2, 0.25) is 0 Å². The Kier molecular flexibility index (Phi) is 8.93. The molecule has 2 aromatic rings. The summed E-state index contributed by atoms with van der Waals surface area (Å²) in [7, 11) is 1.30. The summed E-state index contributed by atoms with van der Waals surface area (Å²) in [4.78, 5) is 38.6. The summed E-state index contributed by atoms with van der Waals surface area (Å²) in [6.45, 7) is 3.23. The number of ether oxygens (including phenoxy) is 1. The van der Waals surface area contributed by atoms with Gasteiger partial charge in [0.1, 0.15) is 6.54 Å². The molecule has 5 nitrogen and oxygen atoms in total. The predicted octanol–water partition coefficient (Wildman–Crippen LogP) is 4.11. The molecule has 0 N–H and O–H groups in total. The summed E-state index contributed by atoms with van der Waals surface area (Å²) in [5, 5.41) is -0.248. The van der Waals surface area contributed by atoms with E-state index in [9.17, 15) is 14.4 Å². The van der Waals surface area contributed by atoms with Crippen LogP contribution in [-0.2, 0) is 25.5 Å². The molecule has 0 radical (unpaired) electrons. The van der Waals surface area contributed by atoms with Gasteiger partial charge in [-0.2, -0.15) is 0 Å². The molecule has 0 aliphatic carbocycles. The Morgan fingerprint density at radius 1 is 1.00 bits per heavy atom. The number of amides is 1. The summed E-state index contributed by atoms with van der Waals surface area (Å²) in [5.41, 5.74) is 1.76. The first-order valence-electron chi connectivity index (χ1n) is 9.56. The van der Waals surface area contributed by atoms with Crippen molar-refractivity contribution in [3.05, 3.63) is 66.2 Å². The maximum atomic E-state index is 13.5. The van der Waals surface area contributed by atoms with E-state index >= 15 is 0 Å². The van der Waals surface area contributed by atoms with Gasteiger partial charge in [0.15, 0.2) is 5.12 Å². The molecule has 0 aliphatic rings. The quantitative estimate of drug-likeness (QED) is 0.579. The zero-order valence-corrected chi connectivity index (χ0v) is 17.9. The van der Waals surface area contributed by atoms with Gasteiger partial charge in [-0.05, 0) is 30.5 Å². The second-order valence-corrected chi connectivity index (χ2v) is 8.34. The van der Waals surface area contributed by atoms with Crippen LogP contribution in [0, 0.1) is 5.92 Å². The fourth-order valence-electron chi connectivity index (χ4n) is 3.17. The molecular formula is C23H27NO4S. The molecule has 2 aromatic carbocycles. The van der Waals surface area contributed by atoms with Crippen molar-refractivity contribution in [3.63, 3.8) is 0 Å². The van der Waals surface area contributed by atoms with Crippen molar-refractivity contribution < 1.29 is 19.1 Å². The van der Waals surface area contributed by atoms with E-state index in [0.717, 1.165) is 17.3 Å². The van der Waals surface area contributed by atoms with E-state index in [1.54, 1.807) is 12.1 Å². The standard InChI is InChI=1S/C23H27NO4S/c1-17(29-18(2)25)21(15-14-19-10-6-4-7-11-19)23(27)24(16-22(26)28-3)20-12-8-5-9-13-20/h4-13,17,21H,14-16H2,1-3H3. The molecule has 6 heteroatoms. The molecule has 0 saturated carbocycles. The van der Waals surface area contributed by atoms with Gasteiger partial charge in [0.2, 0.25) is 5.91 Å². The van der Waals surface area contributed by atoms with E-state index in [1.165, 1.54) is 18.9 Å². The van der Waals surface area contributed by atoms with Crippen molar-refractivity contribution in [1.29, 1.82) is 0 Å². The van der Waals surface area contributed by atoms with Crippen molar-refractivity contribution in [2.45, 2.75) is 31.9 Å². The van der Waals surface area contributed by atoms with Gasteiger partial charge in [-0.1, -0.05) is 67.2 Å². The number of carbonyl (C=O) groups excluding carboxylic acids is 3. The van der Waals surface area contributed by atoms with E-state index in [2.05, 4.69) is 0 Å². The average molecular weight is 414 g/mol. The maximum Gasteiger partial charge on any atom is 0.325 e. The number of benzene rings is 2. The topological polar surface area (TPSA) is 63.7 Å². The molecule has 2 rings (SSSR count). The highest BCUT2D eigenvalue weighted by Crippen LogP contribution is 2.28. The largest absolute Gasteiger partial charge is 0.468 e. The normalized spacial score (nSPS) is 12.7. The molecule has 0 fully saturated rings. The number of esters is 1. The van der Waals surface area contributed by atoms with Gasteiger partial charge in [-0.3, -0.25) is 14.4 Å². The van der Waals surface area contributed by atoms with E-state index in [4.69, 9.17) is 4.74 Å². The third-order valence-corrected chi connectivity index (χ3v) is 5.70. The van der Waals surface area contributed by atoms with Gasteiger partial charge in [0.25, 0.3) is 0 Å². The van der Waals surface area contributed by atoms with Crippen LogP contribution < -0.4 is 4.90 Å². The van der Waals surface area contributed by atoms with Crippen LogP contribution >= 0.6 is 11.8 Å². The number of thioether (sulfide) groups is 1. The SMILES string of the molecule is COC(=O)CN(C(=O)C(CCc1ccccc1)C(C)SC(C)=O)c1ccccc1. The van der Waals surface area contributed by atoms with Crippen molar-refractivity contribution in [2.75, 3.05) is 18.6 Å². The molecule has 0 aromatic heterocycles. The lowest BCUT2D eigenvalue weighted by molar-refractivity contribution is -0.140. The predicted molar refractivity (Wildman–Crippen MR) is 117 cm³/mol. The smallest absolute Gasteiger partial charge is 0.325 e. The van der Waals surface area contributed by atoms with Crippen LogP contribution in [0.1, 0.15) is 25.8 Å². The Hall–Kier alpha value is -2.60. The Labute approximate surface area is 176 Å². The van der Waals surface area contributed by atoms with E-state index in [0.29, 0.717) is 18.5 Å². The zero-order valence-electron chi connectivity index (χ0n) is 17.0. The van der Waals surface area contributed by atoms with E-state index < -0.39 is 11.9 Å². The second-order valence-electron chi connectivity index (χ2n) is 6.78. The number of aryl methyl sites for hydroxylation is 1. The third-order valence-electron chi connectivity index (χ3n) is 4.67. The van der Waals surface area contributed by atoms with Crippen LogP contribution in [-0.4, -0.2) is 35.9 Å². The van der Waals surface area contributed by atoms with Gasteiger partial charge >= 0.3 is 5.97 Å². The molecule has 0 bridgehead atoms. The van der Waals surface area contributed by atoms with Crippen LogP contribution in [0.15, 0.2) is 60.7 Å². The third kappa shape index (κ3) is 7.06. The summed E-state index contributed by atoms with van der Waals surface area (Å²) in [6.07, 6.45) is 1.29. The van der Waals surface area contributed by atoms with Gasteiger partial charge in [0.05, 0.1) is 13.0 Å². The van der Waals surface area contributed by atoms with Gasteiger partial charge in [0, 0.05) is 17.9 Å². The van der Waals surface area contributed by atoms with Crippen LogP contribution in [0.3, 0.4) is 0 Å². The van der Waals surface area contributed by atoms with Crippen molar-refractivity contribution >= 4 is 34.4 Å². The Morgan fingerprint density at radius 2 is 1.59 bits per heavy atom. The molecule has 154 valence electrons. The van der Waals surface area contributed by atoms with Gasteiger partial charge < -0.3 is 9.64 Å². The monoisotopic (exact) mass is 413 g/mol. The van der Waals surface area contributed by atoms with Crippen LogP contribution in [0.25, 0.3) is 0 Å². The lowest BCUT2D eigenvalue weighted by atomic mass is 9.95. The molecule has 0 aliphatic heterocycles. The average Bonchev–Trinajstić information content (AvgIpc) is 2.72. The van der Waals surface area contributed by atoms with E-state index in [1.807, 2.05) is 55.5 Å². The number of hydrogen-bond donors (Lipinski definition) is 0. The van der Waals surface area contributed by atoms with Crippen LogP contribution in [0.4, 0.5) is 5.69 Å². The summed E-state index contributed by atoms with van der Waals surface area (Å²) >= 11 is 1.16.